The zero-order valence-corrected chi connectivity index (χ0v) is 8.63. The van der Waals surface area contributed by atoms with Gasteiger partial charge in [-0.05, 0) is 18.0 Å². The van der Waals surface area contributed by atoms with E-state index in [1.807, 2.05) is 13.8 Å². The van der Waals surface area contributed by atoms with Gasteiger partial charge < -0.3 is 11.5 Å². The van der Waals surface area contributed by atoms with E-state index in [1.165, 1.54) is 6.07 Å². The van der Waals surface area contributed by atoms with Crippen LogP contribution in [-0.4, -0.2) is 6.54 Å². The Labute approximate surface area is 84.1 Å². The molecule has 0 amide bonds. The van der Waals surface area contributed by atoms with E-state index in [0.29, 0.717) is 12.1 Å². The zero-order chi connectivity index (χ0) is 10.8. The molecule has 0 aliphatic carbocycles. The number of benzene rings is 1. The molecule has 1 aromatic carbocycles. The van der Waals surface area contributed by atoms with Crippen LogP contribution in [0.1, 0.15) is 25.5 Å². The van der Waals surface area contributed by atoms with Gasteiger partial charge in [-0.2, -0.15) is 0 Å². The molecule has 3 heteroatoms. The molecule has 0 radical (unpaired) electrons. The first-order valence-corrected chi connectivity index (χ1v) is 4.69. The fourth-order valence-corrected chi connectivity index (χ4v) is 1.28. The Balaban J connectivity index is 3.00. The molecule has 78 valence electrons. The highest BCUT2D eigenvalue weighted by molar-refractivity contribution is 5.22. The molecule has 0 fully saturated rings. The molecule has 2 nitrogen and oxygen atoms in total. The largest absolute Gasteiger partial charge is 0.330 e. The summed E-state index contributed by atoms with van der Waals surface area (Å²) in [5.41, 5.74) is 11.8. The minimum absolute atomic E-state index is 0.262. The standard InChI is InChI=1S/C11H17FN2/c1-11(2,7-13)10(14)8-5-3-4-6-9(8)12/h3-6,10H,7,13-14H2,1-2H3. The molecule has 0 spiro atoms. The van der Waals surface area contributed by atoms with Gasteiger partial charge in [0.1, 0.15) is 5.82 Å². The van der Waals surface area contributed by atoms with E-state index in [4.69, 9.17) is 11.5 Å². The van der Waals surface area contributed by atoms with Crippen molar-refractivity contribution >= 4 is 0 Å². The van der Waals surface area contributed by atoms with Crippen LogP contribution in [-0.2, 0) is 0 Å². The van der Waals surface area contributed by atoms with Gasteiger partial charge >= 0.3 is 0 Å². The van der Waals surface area contributed by atoms with Gasteiger partial charge in [0, 0.05) is 11.6 Å². The fourth-order valence-electron chi connectivity index (χ4n) is 1.28. The lowest BCUT2D eigenvalue weighted by molar-refractivity contribution is 0.295. The molecule has 0 aliphatic heterocycles. The van der Waals surface area contributed by atoms with E-state index < -0.39 is 0 Å². The van der Waals surface area contributed by atoms with Crippen molar-refractivity contribution < 1.29 is 4.39 Å². The SMILES string of the molecule is CC(C)(CN)C(N)c1ccccc1F. The summed E-state index contributed by atoms with van der Waals surface area (Å²) in [6.45, 7) is 4.30. The Hall–Kier alpha value is -0.930. The minimum atomic E-state index is -0.367. The van der Waals surface area contributed by atoms with Gasteiger partial charge in [0.05, 0.1) is 0 Å². The quantitative estimate of drug-likeness (QED) is 0.774. The van der Waals surface area contributed by atoms with Crippen molar-refractivity contribution in [1.29, 1.82) is 0 Å². The van der Waals surface area contributed by atoms with Crippen LogP contribution in [0.5, 0.6) is 0 Å². The van der Waals surface area contributed by atoms with Crippen molar-refractivity contribution in [3.05, 3.63) is 35.6 Å². The lowest BCUT2D eigenvalue weighted by Gasteiger charge is -2.30. The molecule has 0 saturated heterocycles. The molecule has 1 rings (SSSR count). The van der Waals surface area contributed by atoms with E-state index in [1.54, 1.807) is 18.2 Å². The summed E-state index contributed by atoms with van der Waals surface area (Å²) in [6.07, 6.45) is 0. The molecule has 1 aromatic rings. The molecule has 1 atom stereocenters. The summed E-state index contributed by atoms with van der Waals surface area (Å²) in [7, 11) is 0. The summed E-state index contributed by atoms with van der Waals surface area (Å²) >= 11 is 0. The van der Waals surface area contributed by atoms with Crippen molar-refractivity contribution in [1.82, 2.24) is 0 Å². The van der Waals surface area contributed by atoms with E-state index in [-0.39, 0.29) is 17.3 Å². The zero-order valence-electron chi connectivity index (χ0n) is 8.63. The first kappa shape index (κ1) is 11.1. The van der Waals surface area contributed by atoms with Crippen LogP contribution in [0.25, 0.3) is 0 Å². The van der Waals surface area contributed by atoms with Gasteiger partial charge in [-0.25, -0.2) is 4.39 Å². The predicted molar refractivity (Wildman–Crippen MR) is 56.2 cm³/mol. The molecule has 4 N–H and O–H groups in total. The summed E-state index contributed by atoms with van der Waals surface area (Å²) in [5.74, 6) is -0.262. The maximum Gasteiger partial charge on any atom is 0.127 e. The Morgan fingerprint density at radius 1 is 1.36 bits per heavy atom. The summed E-state index contributed by atoms with van der Waals surface area (Å²) < 4.78 is 13.4. The van der Waals surface area contributed by atoms with Crippen molar-refractivity contribution in [2.45, 2.75) is 19.9 Å². The van der Waals surface area contributed by atoms with Crippen LogP contribution in [0.3, 0.4) is 0 Å². The lowest BCUT2D eigenvalue weighted by Crippen LogP contribution is -2.36. The molecular weight excluding hydrogens is 179 g/mol. The average molecular weight is 196 g/mol. The monoisotopic (exact) mass is 196 g/mol. The summed E-state index contributed by atoms with van der Waals surface area (Å²) in [5, 5.41) is 0. The van der Waals surface area contributed by atoms with Crippen LogP contribution in [0.15, 0.2) is 24.3 Å². The highest BCUT2D eigenvalue weighted by atomic mass is 19.1. The molecule has 0 bridgehead atoms. The van der Waals surface area contributed by atoms with Crippen molar-refractivity contribution in [3.63, 3.8) is 0 Å². The first-order chi connectivity index (χ1) is 6.49. The predicted octanol–water partition coefficient (Wildman–Crippen LogP) is 1.81. The number of hydrogen-bond acceptors (Lipinski definition) is 2. The van der Waals surface area contributed by atoms with Crippen molar-refractivity contribution in [3.8, 4) is 0 Å². The molecule has 0 saturated carbocycles. The Morgan fingerprint density at radius 2 is 1.93 bits per heavy atom. The van der Waals surface area contributed by atoms with Gasteiger partial charge in [-0.15, -0.1) is 0 Å². The summed E-state index contributed by atoms with van der Waals surface area (Å²) in [6, 6.07) is 6.19. The second-order valence-corrected chi connectivity index (χ2v) is 4.19. The maximum atomic E-state index is 13.4. The lowest BCUT2D eigenvalue weighted by atomic mass is 9.81. The van der Waals surface area contributed by atoms with Crippen LogP contribution < -0.4 is 11.5 Å². The number of halogens is 1. The summed E-state index contributed by atoms with van der Waals surface area (Å²) in [4.78, 5) is 0. The van der Waals surface area contributed by atoms with Gasteiger partial charge in [-0.3, -0.25) is 0 Å². The molecule has 0 heterocycles. The molecule has 14 heavy (non-hydrogen) atoms. The minimum Gasteiger partial charge on any atom is -0.330 e. The third-order valence-electron chi connectivity index (χ3n) is 2.61. The second kappa shape index (κ2) is 4.07. The Kier molecular flexibility index (Phi) is 3.24. The third kappa shape index (κ3) is 2.11. The van der Waals surface area contributed by atoms with E-state index >= 15 is 0 Å². The highest BCUT2D eigenvalue weighted by Gasteiger charge is 2.27. The van der Waals surface area contributed by atoms with E-state index in [0.717, 1.165) is 0 Å². The van der Waals surface area contributed by atoms with Crippen LogP contribution in [0.2, 0.25) is 0 Å². The van der Waals surface area contributed by atoms with Crippen molar-refractivity contribution in [2.75, 3.05) is 6.54 Å². The first-order valence-electron chi connectivity index (χ1n) is 4.69. The van der Waals surface area contributed by atoms with Crippen LogP contribution in [0, 0.1) is 11.2 Å². The normalized spacial score (nSPS) is 14.1. The Morgan fingerprint density at radius 3 is 2.43 bits per heavy atom. The van der Waals surface area contributed by atoms with Gasteiger partial charge in [0.15, 0.2) is 0 Å². The smallest absolute Gasteiger partial charge is 0.127 e. The van der Waals surface area contributed by atoms with Crippen molar-refractivity contribution in [2.24, 2.45) is 16.9 Å². The van der Waals surface area contributed by atoms with E-state index in [2.05, 4.69) is 0 Å². The second-order valence-electron chi connectivity index (χ2n) is 4.19. The molecule has 1 unspecified atom stereocenters. The van der Waals surface area contributed by atoms with Gasteiger partial charge in [0.2, 0.25) is 0 Å². The molecule has 0 aliphatic rings. The van der Waals surface area contributed by atoms with Gasteiger partial charge in [0.25, 0.3) is 0 Å². The average Bonchev–Trinajstić information content (AvgIpc) is 2.17. The van der Waals surface area contributed by atoms with Crippen LogP contribution >= 0.6 is 0 Å². The number of rotatable bonds is 3. The molecule has 0 aromatic heterocycles. The van der Waals surface area contributed by atoms with Crippen LogP contribution in [0.4, 0.5) is 4.39 Å². The fraction of sp³-hybridized carbons (Fsp3) is 0.455. The number of nitrogens with two attached hydrogens (primary N) is 2. The highest BCUT2D eigenvalue weighted by Crippen LogP contribution is 2.31. The Bertz CT molecular complexity index is 310. The van der Waals surface area contributed by atoms with E-state index in [9.17, 15) is 4.39 Å². The number of hydrogen-bond donors (Lipinski definition) is 2. The van der Waals surface area contributed by atoms with Gasteiger partial charge in [-0.1, -0.05) is 32.0 Å². The maximum absolute atomic E-state index is 13.4. The molecular formula is C11H17FN2. The topological polar surface area (TPSA) is 52.0 Å². The third-order valence-corrected chi connectivity index (χ3v) is 2.61.